The fourth-order valence-electron chi connectivity index (χ4n) is 4.35. The number of hydrogen-bond acceptors (Lipinski definition) is 10. The summed E-state index contributed by atoms with van der Waals surface area (Å²) in [7, 11) is -5.08. The largest absolute Gasteiger partial charge is 0.393 e. The van der Waals surface area contributed by atoms with E-state index in [1.807, 2.05) is 0 Å². The number of hydrogen-bond donors (Lipinski definition) is 7. The molecule has 2 aliphatic rings. The first kappa shape index (κ1) is 25.7. The number of ether oxygens (including phenoxy) is 2. The molecule has 15 heteroatoms. The second kappa shape index (κ2) is 9.94. The van der Waals surface area contributed by atoms with Crippen molar-refractivity contribution in [1.82, 2.24) is 14.6 Å². The summed E-state index contributed by atoms with van der Waals surface area (Å²) in [6.07, 6.45) is -0.951. The van der Waals surface area contributed by atoms with Crippen LogP contribution < -0.4 is 5.32 Å². The van der Waals surface area contributed by atoms with E-state index in [4.69, 9.17) is 21.1 Å². The fourth-order valence-corrected chi connectivity index (χ4v) is 5.12. The number of nitrogens with one attached hydrogen (secondary N) is 1. The molecule has 7 N–H and O–H groups in total. The highest BCUT2D eigenvalue weighted by atomic mass is 35.5. The van der Waals surface area contributed by atoms with E-state index in [9.17, 15) is 34.8 Å². The maximum Gasteiger partial charge on any atom is 0.361 e. The molecule has 2 aromatic rings. The Morgan fingerprint density at radius 3 is 2.50 bits per heavy atom. The summed E-state index contributed by atoms with van der Waals surface area (Å²) in [5.41, 5.74) is 0.964. The maximum absolute atomic E-state index is 11.7. The molecule has 3 heterocycles. The van der Waals surface area contributed by atoms with Crippen LogP contribution in [0.2, 0.25) is 5.28 Å². The second-order valence-corrected chi connectivity index (χ2v) is 10.8. The molecule has 0 unspecified atom stereocenters. The van der Waals surface area contributed by atoms with Gasteiger partial charge in [0.25, 0.3) is 0 Å². The number of aliphatic hydroxyl groups excluding tert-OH is 4. The number of rotatable bonds is 9. The molecule has 0 bridgehead atoms. The van der Waals surface area contributed by atoms with Crippen LogP contribution in [-0.2, 0) is 14.0 Å². The number of aliphatic hydroxyl groups is 4. The molecular weight excluding hydrogens is 495 g/mol. The minimum atomic E-state index is -5.08. The van der Waals surface area contributed by atoms with Crippen LogP contribution in [0, 0.1) is 0 Å². The van der Waals surface area contributed by atoms with Gasteiger partial charge in [0.1, 0.15) is 29.9 Å². The summed E-state index contributed by atoms with van der Waals surface area (Å²) in [4.78, 5) is 23.2. The van der Waals surface area contributed by atoms with Gasteiger partial charge in [-0.05, 0) is 36.6 Å². The number of fused-ring (bicyclic) bond motifs is 1. The number of anilines is 1. The van der Waals surface area contributed by atoms with Crippen LogP contribution in [0.4, 0.5) is 5.82 Å². The summed E-state index contributed by atoms with van der Waals surface area (Å²) >= 11 is 6.14. The Labute approximate surface area is 199 Å². The highest BCUT2D eigenvalue weighted by Crippen LogP contribution is 2.51. The van der Waals surface area contributed by atoms with Crippen LogP contribution in [0.15, 0.2) is 12.1 Å². The molecule has 4 atom stereocenters. The molecule has 1 aliphatic heterocycles. The van der Waals surface area contributed by atoms with Crippen LogP contribution in [0.25, 0.3) is 5.52 Å². The molecule has 0 spiro atoms. The van der Waals surface area contributed by atoms with Crippen molar-refractivity contribution < 1.29 is 44.3 Å². The van der Waals surface area contributed by atoms with Crippen molar-refractivity contribution in [1.29, 1.82) is 0 Å². The van der Waals surface area contributed by atoms with Crippen molar-refractivity contribution in [3.63, 3.8) is 0 Å². The van der Waals surface area contributed by atoms with Gasteiger partial charge in [0.2, 0.25) is 10.6 Å². The quantitative estimate of drug-likeness (QED) is 0.214. The average Bonchev–Trinajstić information content (AvgIpc) is 3.50. The van der Waals surface area contributed by atoms with Gasteiger partial charge in [0.15, 0.2) is 5.82 Å². The molecular formula is C19H28ClN4O9P. The van der Waals surface area contributed by atoms with E-state index in [2.05, 4.69) is 15.4 Å². The van der Waals surface area contributed by atoms with Crippen molar-refractivity contribution in [3.05, 3.63) is 23.1 Å². The van der Waals surface area contributed by atoms with Gasteiger partial charge in [0, 0.05) is 6.04 Å². The first-order valence-corrected chi connectivity index (χ1v) is 12.8. The Morgan fingerprint density at radius 2 is 1.88 bits per heavy atom. The Hall–Kier alpha value is -1.38. The topological polar surface area (TPSA) is 199 Å². The molecule has 1 aliphatic carbocycles. The molecule has 4 rings (SSSR count). The maximum atomic E-state index is 11.7. The molecule has 0 aromatic carbocycles. The fraction of sp³-hybridized carbons (Fsp3) is 0.684. The van der Waals surface area contributed by atoms with Gasteiger partial charge >= 0.3 is 7.60 Å². The van der Waals surface area contributed by atoms with E-state index in [0.717, 1.165) is 25.7 Å². The van der Waals surface area contributed by atoms with E-state index in [1.54, 1.807) is 12.1 Å². The van der Waals surface area contributed by atoms with Gasteiger partial charge in [-0.2, -0.15) is 4.98 Å². The van der Waals surface area contributed by atoms with Crippen LogP contribution in [0.5, 0.6) is 0 Å². The number of halogens is 1. The molecule has 1 saturated carbocycles. The van der Waals surface area contributed by atoms with Crippen molar-refractivity contribution in [3.8, 4) is 0 Å². The summed E-state index contributed by atoms with van der Waals surface area (Å²) < 4.78 is 24.1. The highest BCUT2D eigenvalue weighted by Gasteiger charge is 2.51. The monoisotopic (exact) mass is 522 g/mol. The van der Waals surface area contributed by atoms with Crippen molar-refractivity contribution >= 4 is 30.5 Å². The molecule has 2 fully saturated rings. The van der Waals surface area contributed by atoms with Crippen LogP contribution in [0.1, 0.15) is 37.5 Å². The molecule has 34 heavy (non-hydrogen) atoms. The summed E-state index contributed by atoms with van der Waals surface area (Å²) in [5, 5.41) is 44.9. The summed E-state index contributed by atoms with van der Waals surface area (Å²) in [6, 6.07) is 3.63. The normalized spacial score (nSPS) is 26.6. The number of aromatic nitrogens is 3. The van der Waals surface area contributed by atoms with Gasteiger partial charge in [-0.25, -0.2) is 4.52 Å². The lowest BCUT2D eigenvalue weighted by Gasteiger charge is -2.31. The Bertz CT molecular complexity index is 1060. The Kier molecular flexibility index (Phi) is 7.51. The second-order valence-electron chi connectivity index (χ2n) is 8.60. The van der Waals surface area contributed by atoms with Gasteiger partial charge in [0.05, 0.1) is 25.5 Å². The van der Waals surface area contributed by atoms with E-state index >= 15 is 0 Å². The van der Waals surface area contributed by atoms with E-state index in [-0.39, 0.29) is 11.3 Å². The lowest BCUT2D eigenvalue weighted by molar-refractivity contribution is -0.114. The third-order valence-corrected chi connectivity index (χ3v) is 8.04. The standard InChI is InChI=1S/C19H28ClN4O9P/c20-18-22-17(21-10-3-1-2-4-10)12-6-5-11(24(12)23-18)16-15(28)14(27)13(33-16)7-32-19(8-25,9-26)34(29,30)31/h5-6,10,13-16,25-28H,1-4,7-9H2,(H,21,22,23)(H2,29,30,31)/t13-,14-,15-,16+/m1/s1. The average molecular weight is 523 g/mol. The van der Waals surface area contributed by atoms with E-state index in [0.29, 0.717) is 17.0 Å². The first-order chi connectivity index (χ1) is 16.1. The van der Waals surface area contributed by atoms with Gasteiger partial charge in [-0.1, -0.05) is 12.8 Å². The molecule has 2 aromatic heterocycles. The molecule has 0 amide bonds. The minimum absolute atomic E-state index is 0.0318. The number of nitrogens with zero attached hydrogens (tertiary/aromatic N) is 3. The lowest BCUT2D eigenvalue weighted by Crippen LogP contribution is -2.44. The highest BCUT2D eigenvalue weighted by molar-refractivity contribution is 7.53. The lowest BCUT2D eigenvalue weighted by atomic mass is 10.1. The van der Waals surface area contributed by atoms with Crippen LogP contribution in [0.3, 0.4) is 0 Å². The first-order valence-electron chi connectivity index (χ1n) is 10.8. The predicted octanol–water partition coefficient (Wildman–Crippen LogP) is -0.226. The molecule has 1 saturated heterocycles. The third-order valence-electron chi connectivity index (χ3n) is 6.41. The Morgan fingerprint density at radius 1 is 1.21 bits per heavy atom. The van der Waals surface area contributed by atoms with Crippen molar-refractivity contribution in [2.45, 2.75) is 61.5 Å². The van der Waals surface area contributed by atoms with Gasteiger partial charge in [-0.15, -0.1) is 5.10 Å². The van der Waals surface area contributed by atoms with Crippen molar-refractivity contribution in [2.24, 2.45) is 0 Å². The third kappa shape index (κ3) is 4.70. The Balaban J connectivity index is 1.56. The van der Waals surface area contributed by atoms with E-state index < -0.39 is 57.2 Å². The molecule has 0 radical (unpaired) electrons. The zero-order valence-corrected chi connectivity index (χ0v) is 19.7. The predicted molar refractivity (Wildman–Crippen MR) is 118 cm³/mol. The zero-order valence-electron chi connectivity index (χ0n) is 18.1. The van der Waals surface area contributed by atoms with Crippen LogP contribution in [-0.4, -0.2) is 94.3 Å². The molecule has 190 valence electrons. The summed E-state index contributed by atoms with van der Waals surface area (Å²) in [6.45, 7) is -2.95. The van der Waals surface area contributed by atoms with Crippen molar-refractivity contribution in [2.75, 3.05) is 25.1 Å². The van der Waals surface area contributed by atoms with Gasteiger partial charge < -0.3 is 45.0 Å². The summed E-state index contributed by atoms with van der Waals surface area (Å²) in [5.74, 6) is 0.531. The SMILES string of the molecule is O=P(O)(O)C(CO)(CO)OC[C@H]1O[C@@H](c2ccc3c(NC4CCCC4)nc(Cl)nn23)[C@H](O)[C@@H]1O. The van der Waals surface area contributed by atoms with E-state index in [1.165, 1.54) is 4.52 Å². The van der Waals surface area contributed by atoms with Crippen LogP contribution >= 0.6 is 19.2 Å². The smallest absolute Gasteiger partial charge is 0.361 e. The zero-order chi connectivity index (χ0) is 24.7. The minimum Gasteiger partial charge on any atom is -0.393 e. The van der Waals surface area contributed by atoms with Gasteiger partial charge in [-0.3, -0.25) is 4.57 Å². The molecule has 13 nitrogen and oxygen atoms in total.